The van der Waals surface area contributed by atoms with Gasteiger partial charge in [0.15, 0.2) is 0 Å². The zero-order chi connectivity index (χ0) is 43.6. The second-order valence-electron chi connectivity index (χ2n) is 17.1. The molecule has 0 bridgehead atoms. The van der Waals surface area contributed by atoms with Gasteiger partial charge in [0, 0.05) is 0 Å². The SMILES string of the molecule is CCCCCCC/C=C/CCCCCCCCCCCCCOC(=O)c1ccc(S(=O)(=O)[O-])cc1C(=O)OCCCCCCCCCCCCC/C=C/CCCCCCC.[K+]. The average Bonchev–Trinajstić information content (AvgIpc) is 3.24. The van der Waals surface area contributed by atoms with Crippen molar-refractivity contribution in [2.45, 2.75) is 250 Å². The zero-order valence-electron chi connectivity index (χ0n) is 39.7. The van der Waals surface area contributed by atoms with E-state index < -0.39 is 27.0 Å². The van der Waals surface area contributed by atoms with Crippen LogP contribution in [0.5, 0.6) is 0 Å². The number of allylic oxidation sites excluding steroid dienone is 4. The van der Waals surface area contributed by atoms with E-state index in [9.17, 15) is 22.6 Å². The number of benzene rings is 1. The summed E-state index contributed by atoms with van der Waals surface area (Å²) in [6.45, 7) is 4.89. The Morgan fingerprint density at radius 2 is 0.721 bits per heavy atom. The van der Waals surface area contributed by atoms with Crippen LogP contribution in [0.1, 0.15) is 266 Å². The topological polar surface area (TPSA) is 110 Å². The van der Waals surface area contributed by atoms with Gasteiger partial charge in [-0.1, -0.05) is 205 Å². The van der Waals surface area contributed by atoms with Crippen molar-refractivity contribution < 1.29 is 83.4 Å². The van der Waals surface area contributed by atoms with Gasteiger partial charge in [0.1, 0.15) is 10.1 Å². The third kappa shape index (κ3) is 37.1. The van der Waals surface area contributed by atoms with E-state index in [2.05, 4.69) is 38.2 Å². The van der Waals surface area contributed by atoms with Crippen LogP contribution in [0.3, 0.4) is 0 Å². The van der Waals surface area contributed by atoms with Crippen LogP contribution in [0.15, 0.2) is 47.4 Å². The standard InChI is InChI=1S/C52H90O7S.K/c1-3-5-7-9-11-13-15-17-19-21-23-25-27-29-31-33-35-37-39-41-45-58-51(53)49-44-43-48(60(55,56)57)47-50(49)52(54)59-46-42-40-38-36-34-32-30-28-26-24-22-20-18-16-14-12-10-8-6-4-2;/h15-18,43-44,47H,3-14,19-42,45-46H2,1-2H3,(H,55,56,57);/q;+1/p-1/b17-15+,18-16+;. The normalized spacial score (nSPS) is 11.7. The molecule has 0 amide bonds. The molecular weight excluding hydrogens is 808 g/mol. The van der Waals surface area contributed by atoms with Crippen molar-refractivity contribution in [1.29, 1.82) is 0 Å². The van der Waals surface area contributed by atoms with Crippen molar-refractivity contribution in [3.63, 3.8) is 0 Å². The minimum atomic E-state index is -4.82. The van der Waals surface area contributed by atoms with Crippen molar-refractivity contribution in [2.75, 3.05) is 13.2 Å². The third-order valence-corrected chi connectivity index (χ3v) is 12.3. The Labute approximate surface area is 418 Å². The largest absolute Gasteiger partial charge is 1.00 e. The molecule has 0 aliphatic heterocycles. The first-order valence-electron chi connectivity index (χ1n) is 25.0. The van der Waals surface area contributed by atoms with Gasteiger partial charge in [0.05, 0.1) is 29.2 Å². The predicted octanol–water partition coefficient (Wildman–Crippen LogP) is 13.1. The molecular formula is C52H89KO7S. The Morgan fingerprint density at radius 3 is 1.03 bits per heavy atom. The van der Waals surface area contributed by atoms with E-state index in [4.69, 9.17) is 9.47 Å². The summed E-state index contributed by atoms with van der Waals surface area (Å²) in [5.41, 5.74) is -0.334. The maximum atomic E-state index is 13.0. The van der Waals surface area contributed by atoms with Crippen molar-refractivity contribution >= 4 is 22.1 Å². The zero-order valence-corrected chi connectivity index (χ0v) is 43.6. The summed E-state index contributed by atoms with van der Waals surface area (Å²) >= 11 is 0. The first kappa shape index (κ1) is 60.2. The number of unbranched alkanes of at least 4 members (excludes halogenated alkanes) is 32. The summed E-state index contributed by atoms with van der Waals surface area (Å²) in [5.74, 6) is -1.54. The van der Waals surface area contributed by atoms with Gasteiger partial charge in [-0.3, -0.25) is 0 Å². The number of rotatable bonds is 43. The summed E-state index contributed by atoms with van der Waals surface area (Å²) in [6, 6.07) is 3.15. The fourth-order valence-electron chi connectivity index (χ4n) is 7.62. The van der Waals surface area contributed by atoms with Crippen molar-refractivity contribution in [3.8, 4) is 0 Å². The van der Waals surface area contributed by atoms with Crippen LogP contribution in [0.25, 0.3) is 0 Å². The van der Waals surface area contributed by atoms with E-state index in [0.717, 1.165) is 50.7 Å². The minimum absolute atomic E-state index is 0. The number of esters is 2. The Morgan fingerprint density at radius 1 is 0.443 bits per heavy atom. The van der Waals surface area contributed by atoms with Crippen LogP contribution in [-0.2, 0) is 19.6 Å². The molecule has 0 aromatic heterocycles. The van der Waals surface area contributed by atoms with Gasteiger partial charge < -0.3 is 14.0 Å². The molecule has 0 heterocycles. The summed E-state index contributed by atoms with van der Waals surface area (Å²) < 4.78 is 45.9. The molecule has 7 nitrogen and oxygen atoms in total. The number of carbonyl (C=O) groups excluding carboxylic acids is 2. The second kappa shape index (κ2) is 44.4. The molecule has 0 aliphatic rings. The van der Waals surface area contributed by atoms with Gasteiger partial charge >= 0.3 is 63.3 Å². The number of ether oxygens (including phenoxy) is 2. The summed E-state index contributed by atoms with van der Waals surface area (Å²) in [6.07, 6.45) is 53.6. The van der Waals surface area contributed by atoms with Gasteiger partial charge in [-0.25, -0.2) is 18.0 Å². The monoisotopic (exact) mass is 897 g/mol. The molecule has 0 fully saturated rings. The maximum absolute atomic E-state index is 13.0. The molecule has 61 heavy (non-hydrogen) atoms. The maximum Gasteiger partial charge on any atom is 1.00 e. The smallest absolute Gasteiger partial charge is 0.744 e. The Bertz CT molecular complexity index is 1340. The Balaban J connectivity index is 0.0000360. The van der Waals surface area contributed by atoms with Gasteiger partial charge in [-0.2, -0.15) is 0 Å². The number of carbonyl (C=O) groups is 2. The number of hydrogen-bond acceptors (Lipinski definition) is 7. The molecule has 0 atom stereocenters. The molecule has 346 valence electrons. The van der Waals surface area contributed by atoms with Gasteiger partial charge in [-0.15, -0.1) is 0 Å². The summed E-state index contributed by atoms with van der Waals surface area (Å²) in [5, 5.41) is 0. The third-order valence-electron chi connectivity index (χ3n) is 11.5. The molecule has 0 spiro atoms. The van der Waals surface area contributed by atoms with Crippen LogP contribution in [0, 0.1) is 0 Å². The summed E-state index contributed by atoms with van der Waals surface area (Å²) in [4.78, 5) is 25.3. The predicted molar refractivity (Wildman–Crippen MR) is 251 cm³/mol. The molecule has 0 unspecified atom stereocenters. The van der Waals surface area contributed by atoms with E-state index in [1.165, 1.54) is 186 Å². The average molecular weight is 897 g/mol. The molecule has 1 aromatic rings. The van der Waals surface area contributed by atoms with Crippen molar-refractivity contribution in [1.82, 2.24) is 0 Å². The molecule has 0 aliphatic carbocycles. The van der Waals surface area contributed by atoms with Crippen LogP contribution in [0.2, 0.25) is 0 Å². The van der Waals surface area contributed by atoms with E-state index in [1.54, 1.807) is 0 Å². The molecule has 1 rings (SSSR count). The van der Waals surface area contributed by atoms with Crippen molar-refractivity contribution in [2.24, 2.45) is 0 Å². The fraction of sp³-hybridized carbons (Fsp3) is 0.769. The molecule has 0 saturated heterocycles. The Hall–Kier alpha value is -0.814. The Kier molecular flexibility index (Phi) is 43.8. The molecule has 1 aromatic carbocycles. The van der Waals surface area contributed by atoms with E-state index in [1.807, 2.05) is 0 Å². The minimum Gasteiger partial charge on any atom is -0.744 e. The van der Waals surface area contributed by atoms with Gasteiger partial charge in [0.2, 0.25) is 0 Å². The van der Waals surface area contributed by atoms with Crippen LogP contribution < -0.4 is 51.4 Å². The molecule has 9 heteroatoms. The van der Waals surface area contributed by atoms with E-state index in [0.29, 0.717) is 12.8 Å². The fourth-order valence-corrected chi connectivity index (χ4v) is 8.12. The first-order valence-corrected chi connectivity index (χ1v) is 26.5. The van der Waals surface area contributed by atoms with Gasteiger partial charge in [0.25, 0.3) is 0 Å². The second-order valence-corrected chi connectivity index (χ2v) is 18.5. The molecule has 0 N–H and O–H groups in total. The first-order chi connectivity index (χ1) is 29.3. The van der Waals surface area contributed by atoms with Crippen LogP contribution >= 0.6 is 0 Å². The quantitative estimate of drug-likeness (QED) is 0.0211. The van der Waals surface area contributed by atoms with E-state index >= 15 is 0 Å². The summed E-state index contributed by atoms with van der Waals surface area (Å²) in [7, 11) is -4.82. The molecule has 0 saturated carbocycles. The number of hydrogen-bond donors (Lipinski definition) is 0. The van der Waals surface area contributed by atoms with E-state index in [-0.39, 0.29) is 75.7 Å². The van der Waals surface area contributed by atoms with Gasteiger partial charge in [-0.05, 0) is 82.4 Å². The molecule has 0 radical (unpaired) electrons. The van der Waals surface area contributed by atoms with Crippen molar-refractivity contribution in [3.05, 3.63) is 53.6 Å². The van der Waals surface area contributed by atoms with Crippen LogP contribution in [0.4, 0.5) is 0 Å². The van der Waals surface area contributed by atoms with Crippen LogP contribution in [-0.4, -0.2) is 38.1 Å².